The van der Waals surface area contributed by atoms with E-state index >= 15 is 0 Å². The Kier molecular flexibility index (Phi) is 2.94. The van der Waals surface area contributed by atoms with Crippen LogP contribution in [0.5, 0.6) is 0 Å². The second kappa shape index (κ2) is 4.38. The Morgan fingerprint density at radius 1 is 1.20 bits per heavy atom. The SMILES string of the molecule is OCCC(O)c1ccnc2ccccc12. The van der Waals surface area contributed by atoms with Crippen LogP contribution in [0.4, 0.5) is 0 Å². The van der Waals surface area contributed by atoms with Crippen molar-refractivity contribution in [1.29, 1.82) is 0 Å². The zero-order chi connectivity index (χ0) is 10.7. The Bertz CT molecular complexity index is 451. The minimum Gasteiger partial charge on any atom is -0.396 e. The predicted molar refractivity (Wildman–Crippen MR) is 58.4 cm³/mol. The van der Waals surface area contributed by atoms with Crippen LogP contribution in [0.3, 0.4) is 0 Å². The molecule has 2 N–H and O–H groups in total. The zero-order valence-corrected chi connectivity index (χ0v) is 8.30. The van der Waals surface area contributed by atoms with Crippen LogP contribution in [0, 0.1) is 0 Å². The molecule has 0 aliphatic rings. The van der Waals surface area contributed by atoms with Gasteiger partial charge in [-0.3, -0.25) is 4.98 Å². The van der Waals surface area contributed by atoms with Gasteiger partial charge >= 0.3 is 0 Å². The van der Waals surface area contributed by atoms with E-state index in [0.717, 1.165) is 16.5 Å². The average molecular weight is 203 g/mol. The van der Waals surface area contributed by atoms with Crippen LogP contribution in [0.2, 0.25) is 0 Å². The van der Waals surface area contributed by atoms with E-state index in [1.54, 1.807) is 12.3 Å². The van der Waals surface area contributed by atoms with Crippen LogP contribution in [0.15, 0.2) is 36.5 Å². The second-order valence-corrected chi connectivity index (χ2v) is 3.45. The first-order chi connectivity index (χ1) is 7.33. The number of pyridine rings is 1. The maximum absolute atomic E-state index is 9.83. The summed E-state index contributed by atoms with van der Waals surface area (Å²) < 4.78 is 0. The molecule has 0 saturated heterocycles. The average Bonchev–Trinajstić information content (AvgIpc) is 2.28. The number of fused-ring (bicyclic) bond motifs is 1. The van der Waals surface area contributed by atoms with Crippen LogP contribution in [-0.4, -0.2) is 21.8 Å². The van der Waals surface area contributed by atoms with Gasteiger partial charge in [-0.1, -0.05) is 18.2 Å². The van der Waals surface area contributed by atoms with Crippen molar-refractivity contribution in [3.8, 4) is 0 Å². The fraction of sp³-hybridized carbons (Fsp3) is 0.250. The number of rotatable bonds is 3. The van der Waals surface area contributed by atoms with Gasteiger partial charge in [0.2, 0.25) is 0 Å². The number of hydrogen-bond acceptors (Lipinski definition) is 3. The Hall–Kier alpha value is -1.45. The van der Waals surface area contributed by atoms with Crippen LogP contribution >= 0.6 is 0 Å². The molecule has 3 nitrogen and oxygen atoms in total. The third-order valence-corrected chi connectivity index (χ3v) is 2.44. The van der Waals surface area contributed by atoms with Gasteiger partial charge in [0.25, 0.3) is 0 Å². The summed E-state index contributed by atoms with van der Waals surface area (Å²) >= 11 is 0. The molecule has 0 fully saturated rings. The molecule has 15 heavy (non-hydrogen) atoms. The molecule has 0 aliphatic carbocycles. The van der Waals surface area contributed by atoms with Crippen molar-refractivity contribution >= 4 is 10.9 Å². The number of aliphatic hydroxyl groups is 2. The van der Waals surface area contributed by atoms with Crippen LogP contribution in [0.1, 0.15) is 18.1 Å². The molecule has 78 valence electrons. The summed E-state index contributed by atoms with van der Waals surface area (Å²) in [4.78, 5) is 4.21. The van der Waals surface area contributed by atoms with Crippen molar-refractivity contribution < 1.29 is 10.2 Å². The summed E-state index contributed by atoms with van der Waals surface area (Å²) in [6, 6.07) is 9.46. The zero-order valence-electron chi connectivity index (χ0n) is 8.30. The Morgan fingerprint density at radius 2 is 2.00 bits per heavy atom. The minimum absolute atomic E-state index is 0.0161. The number of hydrogen-bond donors (Lipinski definition) is 2. The largest absolute Gasteiger partial charge is 0.396 e. The number of aromatic nitrogens is 1. The second-order valence-electron chi connectivity index (χ2n) is 3.45. The molecule has 3 heteroatoms. The fourth-order valence-corrected chi connectivity index (χ4v) is 1.69. The van der Waals surface area contributed by atoms with Crippen molar-refractivity contribution in [2.24, 2.45) is 0 Å². The molecular weight excluding hydrogens is 190 g/mol. The van der Waals surface area contributed by atoms with E-state index in [4.69, 9.17) is 5.11 Å². The predicted octanol–water partition coefficient (Wildman–Crippen LogP) is 1.65. The van der Waals surface area contributed by atoms with Gasteiger partial charge in [-0.25, -0.2) is 0 Å². The Balaban J connectivity index is 2.50. The highest BCUT2D eigenvalue weighted by molar-refractivity contribution is 5.82. The van der Waals surface area contributed by atoms with Crippen LogP contribution in [-0.2, 0) is 0 Å². The first kappa shape index (κ1) is 10.1. The summed E-state index contributed by atoms with van der Waals surface area (Å²) in [5.41, 5.74) is 1.70. The summed E-state index contributed by atoms with van der Waals surface area (Å²) in [5.74, 6) is 0. The first-order valence-corrected chi connectivity index (χ1v) is 4.95. The molecule has 0 amide bonds. The van der Waals surface area contributed by atoms with Crippen molar-refractivity contribution in [2.45, 2.75) is 12.5 Å². The molecule has 1 heterocycles. The standard InChI is InChI=1S/C12H13NO2/c14-8-6-12(15)10-5-7-13-11-4-2-1-3-9(10)11/h1-5,7,12,14-15H,6,8H2. The van der Waals surface area contributed by atoms with E-state index in [1.165, 1.54) is 0 Å². The van der Waals surface area contributed by atoms with Gasteiger partial charge < -0.3 is 10.2 Å². The molecule has 2 aromatic rings. The van der Waals surface area contributed by atoms with Gasteiger partial charge in [0.15, 0.2) is 0 Å². The highest BCUT2D eigenvalue weighted by Gasteiger charge is 2.10. The lowest BCUT2D eigenvalue weighted by atomic mass is 10.0. The summed E-state index contributed by atoms with van der Waals surface area (Å²) in [6.45, 7) is -0.0161. The molecular formula is C12H13NO2. The topological polar surface area (TPSA) is 53.4 Å². The lowest BCUT2D eigenvalue weighted by molar-refractivity contribution is 0.135. The third kappa shape index (κ3) is 1.98. The number of benzene rings is 1. The maximum Gasteiger partial charge on any atom is 0.0819 e. The van der Waals surface area contributed by atoms with Crippen LogP contribution < -0.4 is 0 Å². The molecule has 1 unspecified atom stereocenters. The molecule has 0 radical (unpaired) electrons. The number of nitrogens with zero attached hydrogens (tertiary/aromatic N) is 1. The maximum atomic E-state index is 9.83. The van der Waals surface area contributed by atoms with Crippen molar-refractivity contribution in [3.05, 3.63) is 42.1 Å². The summed E-state index contributed by atoms with van der Waals surface area (Å²) in [7, 11) is 0. The van der Waals surface area contributed by atoms with Gasteiger partial charge in [-0.15, -0.1) is 0 Å². The molecule has 2 rings (SSSR count). The molecule has 0 saturated carbocycles. The Morgan fingerprint density at radius 3 is 2.80 bits per heavy atom. The van der Waals surface area contributed by atoms with Crippen molar-refractivity contribution in [1.82, 2.24) is 4.98 Å². The van der Waals surface area contributed by atoms with Gasteiger partial charge in [0.05, 0.1) is 11.6 Å². The normalized spacial score (nSPS) is 12.9. The van der Waals surface area contributed by atoms with Crippen molar-refractivity contribution in [2.75, 3.05) is 6.61 Å². The number of para-hydroxylation sites is 1. The van der Waals surface area contributed by atoms with Gasteiger partial charge in [-0.05, 0) is 17.7 Å². The van der Waals surface area contributed by atoms with Gasteiger partial charge in [-0.2, -0.15) is 0 Å². The lowest BCUT2D eigenvalue weighted by Crippen LogP contribution is -2.01. The fourth-order valence-electron chi connectivity index (χ4n) is 1.69. The molecule has 0 bridgehead atoms. The van der Waals surface area contributed by atoms with E-state index in [9.17, 15) is 5.11 Å². The number of aliphatic hydroxyl groups excluding tert-OH is 2. The van der Waals surface area contributed by atoms with E-state index in [-0.39, 0.29) is 6.61 Å². The molecule has 0 spiro atoms. The van der Waals surface area contributed by atoms with Gasteiger partial charge in [0.1, 0.15) is 0 Å². The van der Waals surface area contributed by atoms with E-state index in [2.05, 4.69) is 4.98 Å². The van der Waals surface area contributed by atoms with Crippen LogP contribution in [0.25, 0.3) is 10.9 Å². The third-order valence-electron chi connectivity index (χ3n) is 2.44. The van der Waals surface area contributed by atoms with E-state index in [1.807, 2.05) is 24.3 Å². The molecule has 1 atom stereocenters. The highest BCUT2D eigenvalue weighted by Crippen LogP contribution is 2.24. The first-order valence-electron chi connectivity index (χ1n) is 4.95. The van der Waals surface area contributed by atoms with Gasteiger partial charge in [0, 0.05) is 24.6 Å². The Labute approximate surface area is 88.0 Å². The quantitative estimate of drug-likeness (QED) is 0.797. The van der Waals surface area contributed by atoms with Crippen molar-refractivity contribution in [3.63, 3.8) is 0 Å². The molecule has 1 aromatic carbocycles. The lowest BCUT2D eigenvalue weighted by Gasteiger charge is -2.11. The van der Waals surface area contributed by atoms with E-state index < -0.39 is 6.10 Å². The molecule has 0 aliphatic heterocycles. The van der Waals surface area contributed by atoms with E-state index in [0.29, 0.717) is 6.42 Å². The molecule has 1 aromatic heterocycles. The summed E-state index contributed by atoms with van der Waals surface area (Å²) in [6.07, 6.45) is 1.41. The smallest absolute Gasteiger partial charge is 0.0819 e. The summed E-state index contributed by atoms with van der Waals surface area (Å²) in [5, 5.41) is 19.6. The monoisotopic (exact) mass is 203 g/mol. The highest BCUT2D eigenvalue weighted by atomic mass is 16.3. The minimum atomic E-state index is -0.622.